The van der Waals surface area contributed by atoms with Crippen LogP contribution in [0.15, 0.2) is 55.1 Å². The number of fused-ring (bicyclic) bond motifs is 1. The Morgan fingerprint density at radius 2 is 1.90 bits per heavy atom. The van der Waals surface area contributed by atoms with Crippen LogP contribution in [-0.2, 0) is 20.7 Å². The molecule has 4 nitrogen and oxygen atoms in total. The lowest BCUT2D eigenvalue weighted by molar-refractivity contribution is -0.147. The lowest BCUT2D eigenvalue weighted by atomic mass is 10.0. The van der Waals surface area contributed by atoms with Crippen molar-refractivity contribution < 1.29 is 14.3 Å². The van der Waals surface area contributed by atoms with Crippen molar-refractivity contribution in [3.05, 3.63) is 60.7 Å². The van der Waals surface area contributed by atoms with Crippen LogP contribution in [0.5, 0.6) is 0 Å². The topological polar surface area (TPSA) is 55.4 Å². The molecular weight excluding hydrogens is 266 g/mol. The van der Waals surface area contributed by atoms with Crippen molar-refractivity contribution >= 4 is 22.6 Å². The molecule has 2 rings (SSSR count). The predicted octanol–water partition coefficient (Wildman–Crippen LogP) is 2.23. The Bertz CT molecular complexity index is 659. The molecule has 0 aliphatic heterocycles. The van der Waals surface area contributed by atoms with Crippen LogP contribution in [-0.4, -0.2) is 25.0 Å². The van der Waals surface area contributed by atoms with Crippen LogP contribution in [0.1, 0.15) is 5.56 Å². The smallest absolute Gasteiger partial charge is 0.310 e. The Balaban J connectivity index is 1.95. The quantitative estimate of drug-likeness (QED) is 0.653. The van der Waals surface area contributed by atoms with Gasteiger partial charge in [-0.15, -0.1) is 6.58 Å². The molecule has 0 fully saturated rings. The number of carbonyl (C=O) groups excluding carboxylic acids is 2. The van der Waals surface area contributed by atoms with E-state index in [9.17, 15) is 9.59 Å². The molecule has 0 aromatic heterocycles. The molecule has 1 N–H and O–H groups in total. The zero-order valence-corrected chi connectivity index (χ0v) is 11.7. The van der Waals surface area contributed by atoms with Crippen LogP contribution in [0.2, 0.25) is 0 Å². The van der Waals surface area contributed by atoms with Crippen LogP contribution >= 0.6 is 0 Å². The zero-order chi connectivity index (χ0) is 15.1. The third-order valence-corrected chi connectivity index (χ3v) is 3.02. The van der Waals surface area contributed by atoms with Crippen molar-refractivity contribution in [2.24, 2.45) is 0 Å². The van der Waals surface area contributed by atoms with Gasteiger partial charge in [0.2, 0.25) is 0 Å². The average Bonchev–Trinajstić information content (AvgIpc) is 2.51. The second kappa shape index (κ2) is 7.24. The molecule has 0 unspecified atom stereocenters. The minimum Gasteiger partial charge on any atom is -0.455 e. The lowest BCUT2D eigenvalue weighted by Gasteiger charge is -2.07. The third-order valence-electron chi connectivity index (χ3n) is 3.02. The molecule has 0 aliphatic carbocycles. The van der Waals surface area contributed by atoms with Crippen molar-refractivity contribution in [1.82, 2.24) is 5.32 Å². The number of esters is 1. The Labute approximate surface area is 123 Å². The highest BCUT2D eigenvalue weighted by Crippen LogP contribution is 2.19. The van der Waals surface area contributed by atoms with Gasteiger partial charge < -0.3 is 10.1 Å². The van der Waals surface area contributed by atoms with E-state index in [2.05, 4.69) is 11.9 Å². The maximum absolute atomic E-state index is 11.8. The molecule has 0 radical (unpaired) electrons. The van der Waals surface area contributed by atoms with E-state index in [1.807, 2.05) is 42.5 Å². The van der Waals surface area contributed by atoms with Gasteiger partial charge in [-0.25, -0.2) is 0 Å². The summed E-state index contributed by atoms with van der Waals surface area (Å²) in [5.41, 5.74) is 0.893. The number of hydrogen-bond acceptors (Lipinski definition) is 3. The Kier molecular flexibility index (Phi) is 5.10. The summed E-state index contributed by atoms with van der Waals surface area (Å²) in [6.45, 7) is 3.58. The predicted molar refractivity (Wildman–Crippen MR) is 81.8 cm³/mol. The molecule has 1 amide bonds. The molecule has 0 spiro atoms. The van der Waals surface area contributed by atoms with Crippen LogP contribution in [0.4, 0.5) is 0 Å². The summed E-state index contributed by atoms with van der Waals surface area (Å²) in [5, 5.41) is 4.64. The number of nitrogens with one attached hydrogen (secondary N) is 1. The van der Waals surface area contributed by atoms with Crippen LogP contribution in [0, 0.1) is 0 Å². The van der Waals surface area contributed by atoms with Gasteiger partial charge in [-0.2, -0.15) is 0 Å². The van der Waals surface area contributed by atoms with Gasteiger partial charge in [0, 0.05) is 6.54 Å². The molecule has 0 atom stereocenters. The van der Waals surface area contributed by atoms with E-state index in [4.69, 9.17) is 4.74 Å². The normalized spacial score (nSPS) is 10.1. The zero-order valence-electron chi connectivity index (χ0n) is 11.7. The van der Waals surface area contributed by atoms with E-state index in [0.717, 1.165) is 16.3 Å². The number of benzene rings is 2. The fourth-order valence-corrected chi connectivity index (χ4v) is 2.04. The fourth-order valence-electron chi connectivity index (χ4n) is 2.04. The third kappa shape index (κ3) is 4.18. The molecule has 4 heteroatoms. The molecule has 0 bridgehead atoms. The van der Waals surface area contributed by atoms with E-state index in [1.54, 1.807) is 6.08 Å². The maximum atomic E-state index is 11.8. The summed E-state index contributed by atoms with van der Waals surface area (Å²) in [5.74, 6) is -0.749. The molecule has 2 aromatic carbocycles. The summed E-state index contributed by atoms with van der Waals surface area (Å²) >= 11 is 0. The van der Waals surface area contributed by atoms with E-state index < -0.39 is 5.97 Å². The monoisotopic (exact) mass is 283 g/mol. The van der Waals surface area contributed by atoms with Gasteiger partial charge in [0.1, 0.15) is 0 Å². The molecule has 0 aliphatic rings. The van der Waals surface area contributed by atoms with Gasteiger partial charge in [0.05, 0.1) is 6.42 Å². The van der Waals surface area contributed by atoms with E-state index in [-0.39, 0.29) is 18.9 Å². The van der Waals surface area contributed by atoms with Gasteiger partial charge >= 0.3 is 5.97 Å². The average molecular weight is 283 g/mol. The molecule has 2 aromatic rings. The largest absolute Gasteiger partial charge is 0.455 e. The van der Waals surface area contributed by atoms with Crippen molar-refractivity contribution in [3.8, 4) is 0 Å². The summed E-state index contributed by atoms with van der Waals surface area (Å²) in [7, 11) is 0. The first-order chi connectivity index (χ1) is 10.2. The first-order valence-electron chi connectivity index (χ1n) is 6.70. The molecular formula is C17H17NO3. The van der Waals surface area contributed by atoms with Crippen molar-refractivity contribution in [2.75, 3.05) is 13.2 Å². The molecule has 0 saturated heterocycles. The van der Waals surface area contributed by atoms with E-state index in [1.165, 1.54) is 0 Å². The van der Waals surface area contributed by atoms with Gasteiger partial charge in [-0.3, -0.25) is 9.59 Å². The molecule has 0 saturated carbocycles. The lowest BCUT2D eigenvalue weighted by Crippen LogP contribution is -2.29. The minimum atomic E-state index is -0.417. The number of amides is 1. The summed E-state index contributed by atoms with van der Waals surface area (Å²) < 4.78 is 4.97. The Morgan fingerprint density at radius 3 is 2.71 bits per heavy atom. The number of ether oxygens (including phenoxy) is 1. The second-order valence-electron chi connectivity index (χ2n) is 4.57. The van der Waals surface area contributed by atoms with E-state index in [0.29, 0.717) is 6.54 Å². The SMILES string of the molecule is C=CCNC(=O)COC(=O)Cc1cccc2ccccc12. The summed E-state index contributed by atoms with van der Waals surface area (Å²) in [6.07, 6.45) is 1.71. The highest BCUT2D eigenvalue weighted by atomic mass is 16.5. The van der Waals surface area contributed by atoms with Crippen molar-refractivity contribution in [3.63, 3.8) is 0 Å². The minimum absolute atomic E-state index is 0.149. The van der Waals surface area contributed by atoms with Crippen LogP contribution < -0.4 is 5.32 Å². The molecule has 108 valence electrons. The van der Waals surface area contributed by atoms with Gasteiger partial charge in [0.15, 0.2) is 6.61 Å². The van der Waals surface area contributed by atoms with Gasteiger partial charge in [-0.1, -0.05) is 48.5 Å². The van der Waals surface area contributed by atoms with Crippen LogP contribution in [0.25, 0.3) is 10.8 Å². The summed E-state index contributed by atoms with van der Waals surface area (Å²) in [4.78, 5) is 23.1. The number of carbonyl (C=O) groups is 2. The Hall–Kier alpha value is -2.62. The second-order valence-corrected chi connectivity index (χ2v) is 4.57. The van der Waals surface area contributed by atoms with Crippen molar-refractivity contribution in [1.29, 1.82) is 0 Å². The summed E-state index contributed by atoms with van der Waals surface area (Å²) in [6, 6.07) is 13.6. The maximum Gasteiger partial charge on any atom is 0.310 e. The Morgan fingerprint density at radius 1 is 1.14 bits per heavy atom. The van der Waals surface area contributed by atoms with Gasteiger partial charge in [0.25, 0.3) is 5.91 Å². The number of hydrogen-bond donors (Lipinski definition) is 1. The first kappa shape index (κ1) is 14.8. The number of rotatable bonds is 6. The van der Waals surface area contributed by atoms with Gasteiger partial charge in [-0.05, 0) is 16.3 Å². The van der Waals surface area contributed by atoms with Crippen LogP contribution in [0.3, 0.4) is 0 Å². The van der Waals surface area contributed by atoms with Crippen molar-refractivity contribution in [2.45, 2.75) is 6.42 Å². The first-order valence-corrected chi connectivity index (χ1v) is 6.70. The standard InChI is InChI=1S/C17H17NO3/c1-2-10-18-16(19)12-21-17(20)11-14-8-5-7-13-6-3-4-9-15(13)14/h2-9H,1,10-12H2,(H,18,19). The fraction of sp³-hybridized carbons (Fsp3) is 0.176. The highest BCUT2D eigenvalue weighted by molar-refractivity contribution is 5.89. The highest BCUT2D eigenvalue weighted by Gasteiger charge is 2.10. The van der Waals surface area contributed by atoms with E-state index >= 15 is 0 Å². The molecule has 21 heavy (non-hydrogen) atoms. The molecule has 0 heterocycles.